The molecule has 0 unspecified atom stereocenters. The minimum Gasteiger partial charge on any atom is -0.466 e. The number of hydrogen-bond donors (Lipinski definition) is 0. The molecule has 0 saturated carbocycles. The number of hydrogen-bond acceptors (Lipinski definition) is 9. The van der Waals surface area contributed by atoms with Crippen LogP contribution in [0.2, 0.25) is 37.8 Å². The van der Waals surface area contributed by atoms with Crippen molar-refractivity contribution in [1.29, 1.82) is 0 Å². The van der Waals surface area contributed by atoms with Crippen LogP contribution in [0.15, 0.2) is 53.1 Å². The third kappa shape index (κ3) is 5.80. The van der Waals surface area contributed by atoms with Gasteiger partial charge in [-0.05, 0) is 88.9 Å². The van der Waals surface area contributed by atoms with Crippen LogP contribution in [0.1, 0.15) is 79.7 Å². The van der Waals surface area contributed by atoms with Gasteiger partial charge in [-0.3, -0.25) is 4.79 Å². The molecule has 7 atom stereocenters. The van der Waals surface area contributed by atoms with Crippen LogP contribution in [-0.4, -0.2) is 70.2 Å². The molecule has 280 valence electrons. The van der Waals surface area contributed by atoms with E-state index >= 15 is 0 Å². The molecule has 2 aliphatic carbocycles. The fraction of sp³-hybridized carbons (Fsp3) is 0.675. The third-order valence-electron chi connectivity index (χ3n) is 12.9. The minimum absolute atomic E-state index is 0.111. The molecule has 5 aliphatic rings. The first-order chi connectivity index (χ1) is 23.8. The summed E-state index contributed by atoms with van der Waals surface area (Å²) in [7, 11) is -3.61. The van der Waals surface area contributed by atoms with Gasteiger partial charge in [0.1, 0.15) is 11.7 Å². The first kappa shape index (κ1) is 38.3. The monoisotopic (exact) mass is 738 g/mol. The largest absolute Gasteiger partial charge is 0.466 e. The van der Waals surface area contributed by atoms with E-state index in [0.717, 1.165) is 29.3 Å². The zero-order valence-electron chi connectivity index (χ0n) is 32.5. The first-order valence-corrected chi connectivity index (χ1v) is 24.8. The van der Waals surface area contributed by atoms with Crippen molar-refractivity contribution in [3.05, 3.63) is 58.7 Å². The predicted octanol–water partition coefficient (Wildman–Crippen LogP) is 7.81. The smallest absolute Gasteiger partial charge is 0.338 e. The Hall–Kier alpha value is -2.42. The second kappa shape index (κ2) is 12.9. The van der Waals surface area contributed by atoms with Gasteiger partial charge in [-0.1, -0.05) is 64.1 Å². The van der Waals surface area contributed by atoms with Gasteiger partial charge in [-0.15, -0.1) is 0 Å². The Labute approximate surface area is 306 Å². The summed E-state index contributed by atoms with van der Waals surface area (Å²) in [5.74, 6) is -3.70. The molecule has 9 nitrogen and oxygen atoms in total. The lowest BCUT2D eigenvalue weighted by atomic mass is 9.63. The molecule has 3 aliphatic heterocycles. The van der Waals surface area contributed by atoms with E-state index in [-0.39, 0.29) is 36.3 Å². The molecule has 3 fully saturated rings. The normalized spacial score (nSPS) is 35.7. The number of methoxy groups -OCH3 is 1. The van der Waals surface area contributed by atoms with Gasteiger partial charge in [0, 0.05) is 23.3 Å². The van der Waals surface area contributed by atoms with Crippen molar-refractivity contribution < 1.29 is 42.2 Å². The van der Waals surface area contributed by atoms with Crippen LogP contribution in [0.3, 0.4) is 0 Å². The van der Waals surface area contributed by atoms with Gasteiger partial charge < -0.3 is 27.8 Å². The lowest BCUT2D eigenvalue weighted by Crippen LogP contribution is -2.60. The van der Waals surface area contributed by atoms with Crippen molar-refractivity contribution in [1.82, 2.24) is 0 Å². The number of fused-ring (bicyclic) bond motifs is 4. The summed E-state index contributed by atoms with van der Waals surface area (Å²) in [6.45, 7) is 20.7. The highest BCUT2D eigenvalue weighted by Gasteiger charge is 2.77. The van der Waals surface area contributed by atoms with Crippen molar-refractivity contribution in [2.24, 2.45) is 17.3 Å². The maximum absolute atomic E-state index is 14.6. The predicted molar refractivity (Wildman–Crippen MR) is 199 cm³/mol. The lowest BCUT2D eigenvalue weighted by molar-refractivity contribution is -0.275. The standard InChI is InChI=1S/C40H58O9Si2/c1-12-51(13-2,14-3)48-39-25-38-23-22-37(7)31(30(34(42)44-8)26(4)32(37)41)40(47-38,49-50(9,10)11)33(45-24-27-18-16-15-17-19-27)28(38)20-21-29(39)36(5,6)46-35(39)43/h15-20,29,31,33H,12-14,21-25H2,1-11H3/t29-,31-,33-,37-,38-,39+,40+/m0/s1. The van der Waals surface area contributed by atoms with Crippen molar-refractivity contribution in [3.8, 4) is 0 Å². The number of allylic oxidation sites excluding steroid dienone is 2. The second-order valence-electron chi connectivity index (χ2n) is 17.3. The highest BCUT2D eigenvalue weighted by atomic mass is 28.4. The molecule has 0 radical (unpaired) electrons. The number of cyclic esters (lactones) is 1. The van der Waals surface area contributed by atoms with Gasteiger partial charge in [0.25, 0.3) is 0 Å². The van der Waals surface area contributed by atoms with Crippen LogP contribution >= 0.6 is 0 Å². The van der Waals surface area contributed by atoms with Crippen LogP contribution in [0.4, 0.5) is 0 Å². The second-order valence-corrected chi connectivity index (χ2v) is 26.4. The molecule has 0 amide bonds. The Morgan fingerprint density at radius 2 is 1.61 bits per heavy atom. The van der Waals surface area contributed by atoms with Crippen molar-refractivity contribution in [2.45, 2.75) is 147 Å². The maximum atomic E-state index is 14.6. The number of carbonyl (C=O) groups is 3. The summed E-state index contributed by atoms with van der Waals surface area (Å²) in [5, 5.41) is 0. The average Bonchev–Trinajstić information content (AvgIpc) is 3.41. The summed E-state index contributed by atoms with van der Waals surface area (Å²) in [5.41, 5.74) is -1.69. The van der Waals surface area contributed by atoms with Crippen LogP contribution in [0.5, 0.6) is 0 Å². The summed E-state index contributed by atoms with van der Waals surface area (Å²) < 4.78 is 41.2. The molecule has 11 heteroatoms. The van der Waals surface area contributed by atoms with Gasteiger partial charge in [0.05, 0.1) is 30.8 Å². The van der Waals surface area contributed by atoms with Crippen LogP contribution < -0.4 is 0 Å². The highest BCUT2D eigenvalue weighted by Crippen LogP contribution is 2.68. The molecule has 2 bridgehead atoms. The Kier molecular flexibility index (Phi) is 9.67. The fourth-order valence-corrected chi connectivity index (χ4v) is 14.5. The number of ketones is 1. The van der Waals surface area contributed by atoms with E-state index in [9.17, 15) is 14.4 Å². The zero-order chi connectivity index (χ0) is 37.4. The number of benzene rings is 1. The molecule has 3 saturated heterocycles. The SMILES string of the molecule is CC[Si](CC)(CC)O[C@]12C[C@]34CC[C@]5(C)C(=O)C(C)=C(C(=O)OC)[C@@H]5[C@](O[Si](C)(C)C)(O3)[C@@H](OCc3ccccc3)C4=CC[C@H]1C(C)(C)OC2=O. The van der Waals surface area contributed by atoms with E-state index in [2.05, 4.69) is 46.5 Å². The molecular formula is C40H58O9Si2. The van der Waals surface area contributed by atoms with Crippen LogP contribution in [0, 0.1) is 17.3 Å². The number of carbonyl (C=O) groups excluding carboxylic acids is 3. The fourth-order valence-electron chi connectivity index (χ4n) is 10.3. The Morgan fingerprint density at radius 1 is 0.961 bits per heavy atom. The molecule has 1 aromatic carbocycles. The van der Waals surface area contributed by atoms with Gasteiger partial charge in [-0.25, -0.2) is 9.59 Å². The lowest BCUT2D eigenvalue weighted by Gasteiger charge is -2.48. The van der Waals surface area contributed by atoms with Crippen LogP contribution in [-0.2, 0) is 48.8 Å². The van der Waals surface area contributed by atoms with E-state index in [1.165, 1.54) is 7.11 Å². The Morgan fingerprint density at radius 3 is 2.20 bits per heavy atom. The first-order valence-electron chi connectivity index (χ1n) is 18.9. The van der Waals surface area contributed by atoms with E-state index < -0.39 is 62.6 Å². The maximum Gasteiger partial charge on any atom is 0.338 e. The minimum atomic E-state index is -2.55. The third-order valence-corrected chi connectivity index (χ3v) is 18.5. The molecule has 0 aromatic heterocycles. The summed E-state index contributed by atoms with van der Waals surface area (Å²) in [4.78, 5) is 42.9. The van der Waals surface area contributed by atoms with Gasteiger partial charge in [0.15, 0.2) is 33.8 Å². The quantitative estimate of drug-likeness (QED) is 0.128. The van der Waals surface area contributed by atoms with Gasteiger partial charge in [0.2, 0.25) is 0 Å². The van der Waals surface area contributed by atoms with Crippen LogP contribution in [0.25, 0.3) is 0 Å². The Balaban J connectivity index is 1.63. The van der Waals surface area contributed by atoms with Gasteiger partial charge in [-0.2, -0.15) is 0 Å². The van der Waals surface area contributed by atoms with Crippen molar-refractivity contribution in [3.63, 3.8) is 0 Å². The van der Waals surface area contributed by atoms with E-state index in [1.807, 2.05) is 51.1 Å². The van der Waals surface area contributed by atoms with Gasteiger partial charge >= 0.3 is 11.9 Å². The molecule has 1 aromatic rings. The molecule has 1 spiro atoms. The summed E-state index contributed by atoms with van der Waals surface area (Å²) in [6.07, 6.45) is 2.94. The average molecular weight is 739 g/mol. The number of esters is 2. The molecule has 51 heavy (non-hydrogen) atoms. The summed E-state index contributed by atoms with van der Waals surface area (Å²) in [6, 6.07) is 12.5. The number of rotatable bonds is 11. The van der Waals surface area contributed by atoms with Crippen molar-refractivity contribution >= 4 is 34.4 Å². The molecule has 6 rings (SSSR count). The molecular weight excluding hydrogens is 681 g/mol. The zero-order valence-corrected chi connectivity index (χ0v) is 34.5. The summed E-state index contributed by atoms with van der Waals surface area (Å²) >= 11 is 0. The highest BCUT2D eigenvalue weighted by molar-refractivity contribution is 6.73. The van der Waals surface area contributed by atoms with E-state index in [1.54, 1.807) is 6.92 Å². The number of Topliss-reactive ketones (excluding diaryl/α,β-unsaturated/α-hetero) is 1. The molecule has 0 N–H and O–H groups in total. The topological polar surface area (TPSA) is 107 Å². The van der Waals surface area contributed by atoms with E-state index in [0.29, 0.717) is 24.8 Å². The Bertz CT molecular complexity index is 1630. The number of ether oxygens (including phenoxy) is 4. The van der Waals surface area contributed by atoms with Crippen molar-refractivity contribution in [2.75, 3.05) is 7.11 Å². The van der Waals surface area contributed by atoms with E-state index in [4.69, 9.17) is 27.8 Å². The molecule has 3 heterocycles.